The monoisotopic (exact) mass is 248 g/mol. The minimum Gasteiger partial charge on any atom is -0.391 e. The smallest absolute Gasteiger partial charge is 0.241 e. The predicted octanol–water partition coefficient (Wildman–Crippen LogP) is 0.882. The Balaban J connectivity index is 1.85. The van der Waals surface area contributed by atoms with Crippen molar-refractivity contribution in [3.8, 4) is 0 Å². The summed E-state index contributed by atoms with van der Waals surface area (Å²) >= 11 is 0. The molecule has 0 radical (unpaired) electrons. The van der Waals surface area contributed by atoms with E-state index in [1.165, 1.54) is 0 Å². The average molecular weight is 248 g/mol. The van der Waals surface area contributed by atoms with E-state index in [0.717, 1.165) is 24.0 Å². The lowest BCUT2D eigenvalue weighted by atomic mass is 10.1. The maximum atomic E-state index is 11.8. The van der Waals surface area contributed by atoms with Gasteiger partial charge in [0.15, 0.2) is 0 Å². The average Bonchev–Trinajstić information content (AvgIpc) is 3.20. The van der Waals surface area contributed by atoms with Crippen LogP contribution in [-0.2, 0) is 4.79 Å². The SMILES string of the molecule is Cc1ccc(C(N)C(=O)NCC(O)C2CC2)cc1. The molecule has 1 aromatic rings. The molecule has 4 N–H and O–H groups in total. The molecule has 0 spiro atoms. The van der Waals surface area contributed by atoms with Gasteiger partial charge >= 0.3 is 0 Å². The van der Waals surface area contributed by atoms with Crippen LogP contribution < -0.4 is 11.1 Å². The number of aryl methyl sites for hydroxylation is 1. The quantitative estimate of drug-likeness (QED) is 0.724. The Kier molecular flexibility index (Phi) is 3.99. The third kappa shape index (κ3) is 3.31. The molecule has 1 saturated carbocycles. The van der Waals surface area contributed by atoms with Crippen LogP contribution in [0.2, 0.25) is 0 Å². The standard InChI is InChI=1S/C14H20N2O2/c1-9-2-4-11(5-3-9)13(15)14(18)16-8-12(17)10-6-7-10/h2-5,10,12-13,17H,6-8,15H2,1H3,(H,16,18). The largest absolute Gasteiger partial charge is 0.391 e. The zero-order chi connectivity index (χ0) is 13.1. The van der Waals surface area contributed by atoms with Gasteiger partial charge in [0.25, 0.3) is 0 Å². The number of amides is 1. The van der Waals surface area contributed by atoms with Crippen LogP contribution in [0.25, 0.3) is 0 Å². The van der Waals surface area contributed by atoms with E-state index < -0.39 is 12.1 Å². The minimum atomic E-state index is -0.669. The molecule has 0 heterocycles. The molecule has 0 bridgehead atoms. The molecule has 0 aromatic heterocycles. The van der Waals surface area contributed by atoms with E-state index in [0.29, 0.717) is 12.5 Å². The number of carbonyl (C=O) groups excluding carboxylic acids is 1. The summed E-state index contributed by atoms with van der Waals surface area (Å²) < 4.78 is 0. The summed E-state index contributed by atoms with van der Waals surface area (Å²) in [4.78, 5) is 11.8. The number of benzene rings is 1. The first-order valence-corrected chi connectivity index (χ1v) is 6.36. The van der Waals surface area contributed by atoms with Crippen LogP contribution in [0, 0.1) is 12.8 Å². The van der Waals surface area contributed by atoms with Gasteiger partial charge in [-0.3, -0.25) is 4.79 Å². The summed E-state index contributed by atoms with van der Waals surface area (Å²) in [5, 5.41) is 12.4. The molecule has 1 aliphatic rings. The van der Waals surface area contributed by atoms with Gasteiger partial charge in [0, 0.05) is 6.54 Å². The van der Waals surface area contributed by atoms with Crippen molar-refractivity contribution in [2.75, 3.05) is 6.54 Å². The molecule has 1 aliphatic carbocycles. The van der Waals surface area contributed by atoms with Crippen molar-refractivity contribution in [2.24, 2.45) is 11.7 Å². The predicted molar refractivity (Wildman–Crippen MR) is 69.8 cm³/mol. The molecule has 2 unspecified atom stereocenters. The molecular formula is C14H20N2O2. The summed E-state index contributed by atoms with van der Waals surface area (Å²) in [7, 11) is 0. The van der Waals surface area contributed by atoms with Crippen LogP contribution in [0.15, 0.2) is 24.3 Å². The van der Waals surface area contributed by atoms with Gasteiger partial charge in [0.05, 0.1) is 6.10 Å². The number of aliphatic hydroxyl groups is 1. The fraction of sp³-hybridized carbons (Fsp3) is 0.500. The lowest BCUT2D eigenvalue weighted by molar-refractivity contribution is -0.123. The van der Waals surface area contributed by atoms with Gasteiger partial charge in [0.2, 0.25) is 5.91 Å². The summed E-state index contributed by atoms with van der Waals surface area (Å²) in [6, 6.07) is 6.91. The van der Waals surface area contributed by atoms with Crippen molar-refractivity contribution in [3.63, 3.8) is 0 Å². The van der Waals surface area contributed by atoms with Crippen LogP contribution in [0.3, 0.4) is 0 Å². The van der Waals surface area contributed by atoms with E-state index in [2.05, 4.69) is 5.32 Å². The van der Waals surface area contributed by atoms with E-state index in [1.54, 1.807) is 0 Å². The number of carbonyl (C=O) groups is 1. The van der Waals surface area contributed by atoms with Gasteiger partial charge in [-0.25, -0.2) is 0 Å². The fourth-order valence-corrected chi connectivity index (χ4v) is 1.89. The maximum absolute atomic E-state index is 11.8. The molecule has 4 nitrogen and oxygen atoms in total. The Labute approximate surface area is 107 Å². The van der Waals surface area contributed by atoms with Gasteiger partial charge in [-0.15, -0.1) is 0 Å². The highest BCUT2D eigenvalue weighted by Gasteiger charge is 2.30. The maximum Gasteiger partial charge on any atom is 0.241 e. The van der Waals surface area contributed by atoms with E-state index >= 15 is 0 Å². The molecule has 1 fully saturated rings. The number of nitrogens with one attached hydrogen (secondary N) is 1. The van der Waals surface area contributed by atoms with Gasteiger partial charge in [-0.05, 0) is 31.2 Å². The molecule has 1 aromatic carbocycles. The minimum absolute atomic E-state index is 0.237. The lowest BCUT2D eigenvalue weighted by Crippen LogP contribution is -2.39. The number of hydrogen-bond donors (Lipinski definition) is 3. The van der Waals surface area contributed by atoms with Crippen LogP contribution in [0.5, 0.6) is 0 Å². The normalized spacial score (nSPS) is 18.2. The number of rotatable bonds is 5. The van der Waals surface area contributed by atoms with Gasteiger partial charge < -0.3 is 16.2 Å². The first kappa shape index (κ1) is 13.1. The van der Waals surface area contributed by atoms with Crippen molar-refractivity contribution in [1.82, 2.24) is 5.32 Å². The van der Waals surface area contributed by atoms with Crippen LogP contribution in [-0.4, -0.2) is 23.7 Å². The third-order valence-electron chi connectivity index (χ3n) is 3.37. The highest BCUT2D eigenvalue weighted by atomic mass is 16.3. The Morgan fingerprint density at radius 1 is 1.44 bits per heavy atom. The van der Waals surface area contributed by atoms with E-state index in [1.807, 2.05) is 31.2 Å². The third-order valence-corrected chi connectivity index (χ3v) is 3.37. The second-order valence-corrected chi connectivity index (χ2v) is 5.04. The molecule has 2 atom stereocenters. The van der Waals surface area contributed by atoms with E-state index in [9.17, 15) is 9.90 Å². The molecule has 4 heteroatoms. The van der Waals surface area contributed by atoms with Gasteiger partial charge in [0.1, 0.15) is 6.04 Å². The second kappa shape index (κ2) is 5.50. The Hall–Kier alpha value is -1.39. The van der Waals surface area contributed by atoms with Crippen LogP contribution in [0.1, 0.15) is 30.0 Å². The van der Waals surface area contributed by atoms with Crippen molar-refractivity contribution in [2.45, 2.75) is 31.9 Å². The first-order valence-electron chi connectivity index (χ1n) is 6.36. The first-order chi connectivity index (χ1) is 8.58. The van der Waals surface area contributed by atoms with Crippen molar-refractivity contribution < 1.29 is 9.90 Å². The van der Waals surface area contributed by atoms with Crippen molar-refractivity contribution in [1.29, 1.82) is 0 Å². The zero-order valence-electron chi connectivity index (χ0n) is 10.6. The second-order valence-electron chi connectivity index (χ2n) is 5.04. The summed E-state index contributed by atoms with van der Waals surface area (Å²) in [5.74, 6) is 0.124. The van der Waals surface area contributed by atoms with Gasteiger partial charge in [-0.2, -0.15) is 0 Å². The Morgan fingerprint density at radius 3 is 2.61 bits per heavy atom. The van der Waals surface area contributed by atoms with Crippen LogP contribution in [0.4, 0.5) is 0 Å². The zero-order valence-corrected chi connectivity index (χ0v) is 10.6. The fourth-order valence-electron chi connectivity index (χ4n) is 1.89. The molecule has 0 aliphatic heterocycles. The highest BCUT2D eigenvalue weighted by molar-refractivity contribution is 5.82. The van der Waals surface area contributed by atoms with Crippen molar-refractivity contribution in [3.05, 3.63) is 35.4 Å². The summed E-state index contributed by atoms with van der Waals surface area (Å²) in [5.41, 5.74) is 7.80. The lowest BCUT2D eigenvalue weighted by Gasteiger charge is -2.15. The van der Waals surface area contributed by atoms with E-state index in [-0.39, 0.29) is 5.91 Å². The van der Waals surface area contributed by atoms with Crippen molar-refractivity contribution >= 4 is 5.91 Å². The highest BCUT2D eigenvalue weighted by Crippen LogP contribution is 2.32. The van der Waals surface area contributed by atoms with Crippen LogP contribution >= 0.6 is 0 Å². The molecule has 0 saturated heterocycles. The molecule has 98 valence electrons. The van der Waals surface area contributed by atoms with E-state index in [4.69, 9.17) is 5.73 Å². The topological polar surface area (TPSA) is 75.4 Å². The summed E-state index contributed by atoms with van der Waals surface area (Å²) in [6.45, 7) is 2.28. The molecule has 1 amide bonds. The molecular weight excluding hydrogens is 228 g/mol. The van der Waals surface area contributed by atoms with Gasteiger partial charge in [-0.1, -0.05) is 29.8 Å². The Bertz CT molecular complexity index is 412. The molecule has 2 rings (SSSR count). The Morgan fingerprint density at radius 2 is 2.06 bits per heavy atom. The summed E-state index contributed by atoms with van der Waals surface area (Å²) in [6.07, 6.45) is 1.68. The number of nitrogens with two attached hydrogens (primary N) is 1. The number of aliphatic hydroxyl groups excluding tert-OH is 1. The molecule has 18 heavy (non-hydrogen) atoms. The number of hydrogen-bond acceptors (Lipinski definition) is 3.